The standard InChI is InChI=1S/C20H29N5O/c1-14-18(15(2)23-22-14)24-10-12-25(13-11-24)19(26)21-17-8-6-16(7-9-17)20(3,4)5/h6-9H,10-13H2,1-5H3,(H,21,26)(H,22,23). The molecule has 1 aromatic carbocycles. The molecule has 0 saturated carbocycles. The molecule has 2 aromatic rings. The first kappa shape index (κ1) is 18.3. The molecule has 0 bridgehead atoms. The minimum absolute atomic E-state index is 0.0335. The largest absolute Gasteiger partial charge is 0.365 e. The predicted molar refractivity (Wildman–Crippen MR) is 106 cm³/mol. The van der Waals surface area contributed by atoms with Crippen molar-refractivity contribution in [2.75, 3.05) is 36.4 Å². The summed E-state index contributed by atoms with van der Waals surface area (Å²) in [5.41, 5.74) is 5.48. The molecule has 1 fully saturated rings. The van der Waals surface area contributed by atoms with Gasteiger partial charge in [0.05, 0.1) is 17.1 Å². The molecule has 26 heavy (non-hydrogen) atoms. The number of piperazine rings is 1. The molecule has 2 N–H and O–H groups in total. The topological polar surface area (TPSA) is 64.3 Å². The first-order valence-electron chi connectivity index (χ1n) is 9.18. The van der Waals surface area contributed by atoms with Crippen molar-refractivity contribution in [3.8, 4) is 0 Å². The molecule has 1 aliphatic rings. The molecule has 1 aliphatic heterocycles. The number of aromatic nitrogens is 2. The molecule has 1 aromatic heterocycles. The maximum atomic E-state index is 12.6. The molecule has 6 heteroatoms. The SMILES string of the molecule is Cc1n[nH]c(C)c1N1CCN(C(=O)Nc2ccc(C(C)(C)C)cc2)CC1. The van der Waals surface area contributed by atoms with Crippen molar-refractivity contribution in [1.29, 1.82) is 0 Å². The van der Waals surface area contributed by atoms with Crippen molar-refractivity contribution in [3.63, 3.8) is 0 Å². The highest BCUT2D eigenvalue weighted by atomic mass is 16.2. The van der Waals surface area contributed by atoms with Crippen molar-refractivity contribution in [3.05, 3.63) is 41.2 Å². The van der Waals surface area contributed by atoms with Gasteiger partial charge in [-0.15, -0.1) is 0 Å². The van der Waals surface area contributed by atoms with Crippen LogP contribution < -0.4 is 10.2 Å². The Hall–Kier alpha value is -2.50. The number of hydrogen-bond acceptors (Lipinski definition) is 3. The number of H-pyrrole nitrogens is 1. The highest BCUT2D eigenvalue weighted by Crippen LogP contribution is 2.25. The summed E-state index contributed by atoms with van der Waals surface area (Å²) in [5, 5.41) is 10.3. The van der Waals surface area contributed by atoms with E-state index in [1.807, 2.05) is 30.9 Å². The number of nitrogens with zero attached hydrogens (tertiary/aromatic N) is 3. The van der Waals surface area contributed by atoms with Crippen LogP contribution >= 0.6 is 0 Å². The van der Waals surface area contributed by atoms with E-state index in [0.717, 1.165) is 30.2 Å². The van der Waals surface area contributed by atoms with E-state index >= 15 is 0 Å². The number of anilines is 2. The lowest BCUT2D eigenvalue weighted by Gasteiger charge is -2.36. The quantitative estimate of drug-likeness (QED) is 0.864. The highest BCUT2D eigenvalue weighted by Gasteiger charge is 2.24. The summed E-state index contributed by atoms with van der Waals surface area (Å²) in [7, 11) is 0. The first-order valence-corrected chi connectivity index (χ1v) is 9.18. The molecule has 2 heterocycles. The predicted octanol–water partition coefficient (Wildman–Crippen LogP) is 3.68. The number of hydrogen-bond donors (Lipinski definition) is 2. The monoisotopic (exact) mass is 355 g/mol. The highest BCUT2D eigenvalue weighted by molar-refractivity contribution is 5.89. The van der Waals surface area contributed by atoms with Crippen LogP contribution in [-0.2, 0) is 5.41 Å². The molecule has 0 spiro atoms. The number of benzene rings is 1. The van der Waals surface area contributed by atoms with Gasteiger partial charge in [0.2, 0.25) is 0 Å². The average molecular weight is 355 g/mol. The second-order valence-corrected chi connectivity index (χ2v) is 8.01. The van der Waals surface area contributed by atoms with Crippen LogP contribution in [0.3, 0.4) is 0 Å². The molecule has 3 rings (SSSR count). The number of aryl methyl sites for hydroxylation is 2. The Kier molecular flexibility index (Phi) is 4.94. The van der Waals surface area contributed by atoms with Crippen molar-refractivity contribution in [2.45, 2.75) is 40.0 Å². The Morgan fingerprint density at radius 3 is 2.19 bits per heavy atom. The van der Waals surface area contributed by atoms with Gasteiger partial charge in [-0.1, -0.05) is 32.9 Å². The second-order valence-electron chi connectivity index (χ2n) is 8.01. The maximum absolute atomic E-state index is 12.6. The zero-order valence-corrected chi connectivity index (χ0v) is 16.4. The number of carbonyl (C=O) groups excluding carboxylic acids is 1. The lowest BCUT2D eigenvalue weighted by Crippen LogP contribution is -2.50. The summed E-state index contributed by atoms with van der Waals surface area (Å²) < 4.78 is 0. The van der Waals surface area contributed by atoms with Gasteiger partial charge in [0.1, 0.15) is 0 Å². The van der Waals surface area contributed by atoms with E-state index in [0.29, 0.717) is 13.1 Å². The molecule has 1 saturated heterocycles. The van der Waals surface area contributed by atoms with Gasteiger partial charge in [0.15, 0.2) is 0 Å². The third kappa shape index (κ3) is 3.84. The summed E-state index contributed by atoms with van der Waals surface area (Å²) in [5.74, 6) is 0. The van der Waals surface area contributed by atoms with Crippen LogP contribution in [0, 0.1) is 13.8 Å². The minimum Gasteiger partial charge on any atom is -0.365 e. The average Bonchev–Trinajstić information content (AvgIpc) is 2.93. The van der Waals surface area contributed by atoms with E-state index in [-0.39, 0.29) is 11.4 Å². The fourth-order valence-corrected chi connectivity index (χ4v) is 3.40. The van der Waals surface area contributed by atoms with Crippen molar-refractivity contribution >= 4 is 17.4 Å². The Balaban J connectivity index is 1.57. The van der Waals surface area contributed by atoms with Gasteiger partial charge < -0.3 is 15.1 Å². The number of nitrogens with one attached hydrogen (secondary N) is 2. The number of urea groups is 1. The lowest BCUT2D eigenvalue weighted by molar-refractivity contribution is 0.208. The van der Waals surface area contributed by atoms with Gasteiger partial charge in [0, 0.05) is 31.9 Å². The van der Waals surface area contributed by atoms with E-state index in [4.69, 9.17) is 0 Å². The summed E-state index contributed by atoms with van der Waals surface area (Å²) in [6, 6.07) is 8.09. The Morgan fingerprint density at radius 2 is 1.69 bits per heavy atom. The van der Waals surface area contributed by atoms with Crippen molar-refractivity contribution in [2.24, 2.45) is 0 Å². The van der Waals surface area contributed by atoms with Gasteiger partial charge in [-0.25, -0.2) is 4.79 Å². The molecule has 6 nitrogen and oxygen atoms in total. The Morgan fingerprint density at radius 1 is 1.08 bits per heavy atom. The van der Waals surface area contributed by atoms with Crippen LogP contribution in [0.2, 0.25) is 0 Å². The third-order valence-electron chi connectivity index (χ3n) is 4.97. The summed E-state index contributed by atoms with van der Waals surface area (Å²) in [4.78, 5) is 16.7. The molecule has 0 aliphatic carbocycles. The van der Waals surface area contributed by atoms with Crippen LogP contribution in [0.4, 0.5) is 16.2 Å². The van der Waals surface area contributed by atoms with Crippen LogP contribution in [0.15, 0.2) is 24.3 Å². The van der Waals surface area contributed by atoms with Crippen LogP contribution in [0.25, 0.3) is 0 Å². The normalized spacial score (nSPS) is 15.3. The molecular weight excluding hydrogens is 326 g/mol. The fraction of sp³-hybridized carbons (Fsp3) is 0.500. The van der Waals surface area contributed by atoms with Gasteiger partial charge in [-0.3, -0.25) is 5.10 Å². The van der Waals surface area contributed by atoms with Crippen LogP contribution in [-0.4, -0.2) is 47.3 Å². The molecular formula is C20H29N5O. The Labute approximate surface area is 155 Å². The van der Waals surface area contributed by atoms with Gasteiger partial charge in [-0.2, -0.15) is 5.10 Å². The zero-order chi connectivity index (χ0) is 18.9. The van der Waals surface area contributed by atoms with E-state index in [1.165, 1.54) is 11.3 Å². The second kappa shape index (κ2) is 7.02. The van der Waals surface area contributed by atoms with E-state index < -0.39 is 0 Å². The van der Waals surface area contributed by atoms with Gasteiger partial charge >= 0.3 is 6.03 Å². The molecule has 0 atom stereocenters. The number of amides is 2. The van der Waals surface area contributed by atoms with Gasteiger partial charge in [-0.05, 0) is 37.0 Å². The maximum Gasteiger partial charge on any atom is 0.321 e. The third-order valence-corrected chi connectivity index (χ3v) is 4.97. The molecule has 0 radical (unpaired) electrons. The summed E-state index contributed by atoms with van der Waals surface area (Å²) in [6.45, 7) is 13.6. The number of carbonyl (C=O) groups is 1. The van der Waals surface area contributed by atoms with E-state index in [2.05, 4.69) is 53.3 Å². The van der Waals surface area contributed by atoms with Gasteiger partial charge in [0.25, 0.3) is 0 Å². The minimum atomic E-state index is -0.0335. The van der Waals surface area contributed by atoms with Crippen LogP contribution in [0.1, 0.15) is 37.7 Å². The fourth-order valence-electron chi connectivity index (χ4n) is 3.40. The summed E-state index contributed by atoms with van der Waals surface area (Å²) in [6.07, 6.45) is 0. The zero-order valence-electron chi connectivity index (χ0n) is 16.4. The molecule has 140 valence electrons. The molecule has 2 amide bonds. The first-order chi connectivity index (χ1) is 12.3. The van der Waals surface area contributed by atoms with E-state index in [9.17, 15) is 4.79 Å². The lowest BCUT2D eigenvalue weighted by atomic mass is 9.87. The van der Waals surface area contributed by atoms with Crippen molar-refractivity contribution < 1.29 is 4.79 Å². The smallest absolute Gasteiger partial charge is 0.321 e. The van der Waals surface area contributed by atoms with Crippen LogP contribution in [0.5, 0.6) is 0 Å². The number of rotatable bonds is 2. The van der Waals surface area contributed by atoms with Crippen molar-refractivity contribution in [1.82, 2.24) is 15.1 Å². The molecule has 0 unspecified atom stereocenters. The Bertz CT molecular complexity index is 745. The van der Waals surface area contributed by atoms with E-state index in [1.54, 1.807) is 0 Å². The summed E-state index contributed by atoms with van der Waals surface area (Å²) >= 11 is 0. The number of aromatic amines is 1.